The lowest BCUT2D eigenvalue weighted by atomic mass is 10.0. The number of alkyl carbamates (subject to hydrolysis) is 1. The van der Waals surface area contributed by atoms with Crippen molar-refractivity contribution in [3.8, 4) is 0 Å². The van der Waals surface area contributed by atoms with E-state index >= 15 is 0 Å². The van der Waals surface area contributed by atoms with Gasteiger partial charge in [0.25, 0.3) is 0 Å². The molecule has 0 saturated heterocycles. The molecule has 120 valence electrons. The van der Waals surface area contributed by atoms with Crippen molar-refractivity contribution < 1.29 is 19.4 Å². The maximum atomic E-state index is 11.7. The summed E-state index contributed by atoms with van der Waals surface area (Å²) >= 11 is 0. The number of benzene rings is 1. The van der Waals surface area contributed by atoms with Gasteiger partial charge in [-0.2, -0.15) is 0 Å². The van der Waals surface area contributed by atoms with Gasteiger partial charge >= 0.3 is 12.1 Å². The highest BCUT2D eigenvalue weighted by Gasteiger charge is 2.19. The van der Waals surface area contributed by atoms with Crippen molar-refractivity contribution in [1.82, 2.24) is 10.3 Å². The first-order valence-electron chi connectivity index (χ1n) is 7.21. The number of hydrogen-bond donors (Lipinski definition) is 2. The zero-order valence-corrected chi connectivity index (χ0v) is 12.5. The summed E-state index contributed by atoms with van der Waals surface area (Å²) < 4.78 is 5.05. The average molecular weight is 314 g/mol. The van der Waals surface area contributed by atoms with Crippen LogP contribution in [0.4, 0.5) is 4.79 Å². The number of hydrogen-bond acceptors (Lipinski definition) is 4. The third kappa shape index (κ3) is 5.78. The Balaban J connectivity index is 1.79. The van der Waals surface area contributed by atoms with Gasteiger partial charge in [0, 0.05) is 18.9 Å². The molecule has 0 aliphatic rings. The number of aromatic nitrogens is 1. The van der Waals surface area contributed by atoms with Crippen LogP contribution in [0, 0.1) is 5.92 Å². The van der Waals surface area contributed by atoms with E-state index in [1.54, 1.807) is 24.5 Å². The molecule has 1 amide bonds. The third-order valence-corrected chi connectivity index (χ3v) is 3.26. The Morgan fingerprint density at radius 1 is 1.13 bits per heavy atom. The molecular weight excluding hydrogens is 296 g/mol. The summed E-state index contributed by atoms with van der Waals surface area (Å²) in [6.07, 6.45) is 2.90. The van der Waals surface area contributed by atoms with Gasteiger partial charge in [0.15, 0.2) is 0 Å². The minimum atomic E-state index is -0.975. The van der Waals surface area contributed by atoms with Gasteiger partial charge in [-0.3, -0.25) is 9.78 Å². The van der Waals surface area contributed by atoms with Crippen LogP contribution >= 0.6 is 0 Å². The number of pyridine rings is 1. The Kier molecular flexibility index (Phi) is 6.11. The molecule has 1 heterocycles. The lowest BCUT2D eigenvalue weighted by Gasteiger charge is -2.13. The smallest absolute Gasteiger partial charge is 0.407 e. The van der Waals surface area contributed by atoms with E-state index in [9.17, 15) is 14.7 Å². The van der Waals surface area contributed by atoms with Crippen molar-refractivity contribution in [3.63, 3.8) is 0 Å². The van der Waals surface area contributed by atoms with Crippen LogP contribution in [0.5, 0.6) is 0 Å². The SMILES string of the molecule is O=C(NCC(Cc1cccnc1)C(=O)O)OCc1ccccc1. The summed E-state index contributed by atoms with van der Waals surface area (Å²) in [6, 6.07) is 12.8. The molecule has 1 unspecified atom stereocenters. The highest BCUT2D eigenvalue weighted by Crippen LogP contribution is 2.08. The Morgan fingerprint density at radius 2 is 1.87 bits per heavy atom. The molecule has 0 bridgehead atoms. The van der Waals surface area contributed by atoms with Crippen LogP contribution in [0.25, 0.3) is 0 Å². The van der Waals surface area contributed by atoms with E-state index in [0.29, 0.717) is 6.42 Å². The van der Waals surface area contributed by atoms with Crippen molar-refractivity contribution in [3.05, 3.63) is 66.0 Å². The lowest BCUT2D eigenvalue weighted by Crippen LogP contribution is -2.34. The number of carboxylic acid groups (broad SMARTS) is 1. The Morgan fingerprint density at radius 3 is 2.52 bits per heavy atom. The number of carbonyl (C=O) groups is 2. The maximum Gasteiger partial charge on any atom is 0.407 e. The number of rotatable bonds is 7. The molecule has 0 spiro atoms. The second-order valence-corrected chi connectivity index (χ2v) is 5.04. The lowest BCUT2D eigenvalue weighted by molar-refractivity contribution is -0.141. The molecular formula is C17H18N2O4. The molecule has 6 heteroatoms. The number of carboxylic acids is 1. The summed E-state index contributed by atoms with van der Waals surface area (Å²) in [7, 11) is 0. The second-order valence-electron chi connectivity index (χ2n) is 5.04. The first kappa shape index (κ1) is 16.5. The monoisotopic (exact) mass is 314 g/mol. The normalized spacial score (nSPS) is 11.5. The fourth-order valence-electron chi connectivity index (χ4n) is 2.03. The average Bonchev–Trinajstić information content (AvgIpc) is 2.58. The van der Waals surface area contributed by atoms with Crippen LogP contribution in [-0.4, -0.2) is 28.7 Å². The van der Waals surface area contributed by atoms with Gasteiger partial charge in [0.2, 0.25) is 0 Å². The number of ether oxygens (including phenoxy) is 1. The van der Waals surface area contributed by atoms with Crippen LogP contribution in [0.3, 0.4) is 0 Å². The molecule has 23 heavy (non-hydrogen) atoms. The predicted molar refractivity (Wildman–Crippen MR) is 83.7 cm³/mol. The molecule has 0 fully saturated rings. The minimum absolute atomic E-state index is 0.00213. The highest BCUT2D eigenvalue weighted by atomic mass is 16.5. The standard InChI is InChI=1S/C17H18N2O4/c20-16(21)15(9-14-7-4-8-18-10-14)11-19-17(22)23-12-13-5-2-1-3-6-13/h1-8,10,15H,9,11-12H2,(H,19,22)(H,20,21). The zero-order chi connectivity index (χ0) is 16.5. The van der Waals surface area contributed by atoms with Gasteiger partial charge in [-0.05, 0) is 23.6 Å². The van der Waals surface area contributed by atoms with E-state index < -0.39 is 18.0 Å². The Hall–Kier alpha value is -2.89. The van der Waals surface area contributed by atoms with Gasteiger partial charge < -0.3 is 15.2 Å². The van der Waals surface area contributed by atoms with Crippen molar-refractivity contribution >= 4 is 12.1 Å². The summed E-state index contributed by atoms with van der Waals surface area (Å²) in [5, 5.41) is 11.7. The number of nitrogens with zero attached hydrogens (tertiary/aromatic N) is 1. The van der Waals surface area contributed by atoms with Crippen molar-refractivity contribution in [1.29, 1.82) is 0 Å². The largest absolute Gasteiger partial charge is 0.481 e. The van der Waals surface area contributed by atoms with E-state index in [1.165, 1.54) is 0 Å². The van der Waals surface area contributed by atoms with Crippen molar-refractivity contribution in [2.24, 2.45) is 5.92 Å². The highest BCUT2D eigenvalue weighted by molar-refractivity contribution is 5.72. The van der Waals surface area contributed by atoms with E-state index in [0.717, 1.165) is 11.1 Å². The predicted octanol–water partition coefficient (Wildman–Crippen LogP) is 2.25. The molecule has 0 radical (unpaired) electrons. The zero-order valence-electron chi connectivity index (χ0n) is 12.5. The van der Waals surface area contributed by atoms with Gasteiger partial charge in [0.05, 0.1) is 5.92 Å². The van der Waals surface area contributed by atoms with Gasteiger partial charge in [-0.1, -0.05) is 36.4 Å². The first-order chi connectivity index (χ1) is 11.1. The fourth-order valence-corrected chi connectivity index (χ4v) is 2.03. The van der Waals surface area contributed by atoms with Crippen LogP contribution in [-0.2, 0) is 22.6 Å². The maximum absolute atomic E-state index is 11.7. The molecule has 0 saturated carbocycles. The Labute approximate surface area is 134 Å². The van der Waals surface area contributed by atoms with E-state index in [2.05, 4.69) is 10.3 Å². The molecule has 1 atom stereocenters. The van der Waals surface area contributed by atoms with E-state index in [-0.39, 0.29) is 13.2 Å². The molecule has 2 N–H and O–H groups in total. The second kappa shape index (κ2) is 8.53. The molecule has 0 aliphatic carbocycles. The number of nitrogens with one attached hydrogen (secondary N) is 1. The summed E-state index contributed by atoms with van der Waals surface area (Å²) in [4.78, 5) is 26.9. The summed E-state index contributed by atoms with van der Waals surface area (Å²) in [6.45, 7) is 0.144. The molecule has 1 aromatic carbocycles. The molecule has 0 aliphatic heterocycles. The molecule has 6 nitrogen and oxygen atoms in total. The summed E-state index contributed by atoms with van der Waals surface area (Å²) in [5.41, 5.74) is 1.67. The quantitative estimate of drug-likeness (QED) is 0.818. The topological polar surface area (TPSA) is 88.5 Å². The van der Waals surface area contributed by atoms with Crippen LogP contribution in [0.2, 0.25) is 0 Å². The molecule has 1 aromatic heterocycles. The minimum Gasteiger partial charge on any atom is -0.481 e. The number of carbonyl (C=O) groups excluding carboxylic acids is 1. The Bertz CT molecular complexity index is 632. The van der Waals surface area contributed by atoms with Gasteiger partial charge in [0.1, 0.15) is 6.61 Å². The van der Waals surface area contributed by atoms with Gasteiger partial charge in [-0.25, -0.2) is 4.79 Å². The van der Waals surface area contributed by atoms with Crippen LogP contribution < -0.4 is 5.32 Å². The van der Waals surface area contributed by atoms with Crippen LogP contribution in [0.15, 0.2) is 54.9 Å². The first-order valence-corrected chi connectivity index (χ1v) is 7.21. The number of aliphatic carboxylic acids is 1. The van der Waals surface area contributed by atoms with Crippen molar-refractivity contribution in [2.75, 3.05) is 6.54 Å². The van der Waals surface area contributed by atoms with Crippen LogP contribution in [0.1, 0.15) is 11.1 Å². The van der Waals surface area contributed by atoms with E-state index in [1.807, 2.05) is 30.3 Å². The molecule has 2 aromatic rings. The summed E-state index contributed by atoms with van der Waals surface area (Å²) in [5.74, 6) is -1.71. The van der Waals surface area contributed by atoms with E-state index in [4.69, 9.17) is 4.74 Å². The molecule has 2 rings (SSSR count). The fraction of sp³-hybridized carbons (Fsp3) is 0.235. The third-order valence-electron chi connectivity index (χ3n) is 3.26. The van der Waals surface area contributed by atoms with Crippen molar-refractivity contribution in [2.45, 2.75) is 13.0 Å². The number of amides is 1. The van der Waals surface area contributed by atoms with Gasteiger partial charge in [-0.15, -0.1) is 0 Å².